The molecule has 1 aromatic rings. The highest BCUT2D eigenvalue weighted by Gasteiger charge is 1.99. The van der Waals surface area contributed by atoms with Crippen molar-refractivity contribution >= 4 is 5.69 Å². The molecule has 0 radical (unpaired) electrons. The Hall–Kier alpha value is -1.60. The average molecular weight is 177 g/mol. The van der Waals surface area contributed by atoms with E-state index in [0.717, 1.165) is 5.69 Å². The predicted octanol–water partition coefficient (Wildman–Crippen LogP) is 0.748. The zero-order valence-electron chi connectivity index (χ0n) is 7.20. The molecule has 68 valence electrons. The topological polar surface area (TPSA) is 68.9 Å². The Morgan fingerprint density at radius 3 is 3.15 bits per heavy atom. The molecule has 0 amide bonds. The molecule has 0 fully saturated rings. The van der Waals surface area contributed by atoms with Crippen LogP contribution in [0.25, 0.3) is 0 Å². The molecule has 4 heteroatoms. The SMILES string of the molecule is N#Cc1ncccc1NCCCO. The van der Waals surface area contributed by atoms with Crippen molar-refractivity contribution in [3.63, 3.8) is 0 Å². The zero-order chi connectivity index (χ0) is 9.52. The van der Waals surface area contributed by atoms with E-state index in [-0.39, 0.29) is 6.61 Å². The Balaban J connectivity index is 2.60. The predicted molar refractivity (Wildman–Crippen MR) is 49.1 cm³/mol. The Labute approximate surface area is 76.8 Å². The Morgan fingerprint density at radius 1 is 1.62 bits per heavy atom. The maximum absolute atomic E-state index is 8.67. The van der Waals surface area contributed by atoms with Crippen molar-refractivity contribution in [3.8, 4) is 6.07 Å². The van der Waals surface area contributed by atoms with Gasteiger partial charge in [0.05, 0.1) is 5.69 Å². The van der Waals surface area contributed by atoms with Gasteiger partial charge in [-0.2, -0.15) is 5.26 Å². The van der Waals surface area contributed by atoms with Gasteiger partial charge in [0.1, 0.15) is 6.07 Å². The lowest BCUT2D eigenvalue weighted by atomic mass is 10.3. The lowest BCUT2D eigenvalue weighted by molar-refractivity contribution is 0.292. The van der Waals surface area contributed by atoms with Crippen molar-refractivity contribution < 1.29 is 5.11 Å². The van der Waals surface area contributed by atoms with Gasteiger partial charge in [-0.1, -0.05) is 0 Å². The Kier molecular flexibility index (Phi) is 3.74. The van der Waals surface area contributed by atoms with Crippen molar-refractivity contribution in [2.45, 2.75) is 6.42 Å². The van der Waals surface area contributed by atoms with Gasteiger partial charge in [-0.15, -0.1) is 0 Å². The summed E-state index contributed by atoms with van der Waals surface area (Å²) in [7, 11) is 0. The first kappa shape index (κ1) is 9.49. The highest BCUT2D eigenvalue weighted by molar-refractivity contribution is 5.53. The number of nitrogens with one attached hydrogen (secondary N) is 1. The van der Waals surface area contributed by atoms with E-state index in [0.29, 0.717) is 18.7 Å². The molecule has 1 heterocycles. The van der Waals surface area contributed by atoms with Crippen LogP contribution in [0.5, 0.6) is 0 Å². The fourth-order valence-corrected chi connectivity index (χ4v) is 0.939. The van der Waals surface area contributed by atoms with Crippen LogP contribution in [0.3, 0.4) is 0 Å². The van der Waals surface area contributed by atoms with Crippen LogP contribution in [0.2, 0.25) is 0 Å². The maximum atomic E-state index is 8.67. The Morgan fingerprint density at radius 2 is 2.46 bits per heavy atom. The summed E-state index contributed by atoms with van der Waals surface area (Å²) in [6.45, 7) is 0.798. The summed E-state index contributed by atoms with van der Waals surface area (Å²) >= 11 is 0. The minimum Gasteiger partial charge on any atom is -0.396 e. The van der Waals surface area contributed by atoms with Crippen molar-refractivity contribution in [2.24, 2.45) is 0 Å². The minimum atomic E-state index is 0.148. The molecule has 0 saturated heterocycles. The molecule has 1 aromatic heterocycles. The molecule has 0 spiro atoms. The van der Waals surface area contributed by atoms with Gasteiger partial charge in [0.15, 0.2) is 5.69 Å². The van der Waals surface area contributed by atoms with Crippen molar-refractivity contribution in [3.05, 3.63) is 24.0 Å². The van der Waals surface area contributed by atoms with E-state index in [1.54, 1.807) is 18.3 Å². The number of pyridine rings is 1. The molecule has 0 aliphatic rings. The number of nitrogens with zero attached hydrogens (tertiary/aromatic N) is 2. The third kappa shape index (κ3) is 2.73. The highest BCUT2D eigenvalue weighted by atomic mass is 16.3. The summed E-state index contributed by atoms with van der Waals surface area (Å²) in [6.07, 6.45) is 2.25. The summed E-state index contributed by atoms with van der Waals surface area (Å²) in [4.78, 5) is 3.89. The van der Waals surface area contributed by atoms with Gasteiger partial charge < -0.3 is 10.4 Å². The third-order valence-corrected chi connectivity index (χ3v) is 1.56. The smallest absolute Gasteiger partial charge is 0.163 e. The molecular formula is C9H11N3O. The van der Waals surface area contributed by atoms with E-state index in [1.807, 2.05) is 6.07 Å². The van der Waals surface area contributed by atoms with Crippen LogP contribution >= 0.6 is 0 Å². The van der Waals surface area contributed by atoms with Crippen LogP contribution < -0.4 is 5.32 Å². The van der Waals surface area contributed by atoms with Crippen LogP contribution in [0.1, 0.15) is 12.1 Å². The van der Waals surface area contributed by atoms with Gasteiger partial charge in [0.2, 0.25) is 0 Å². The van der Waals surface area contributed by atoms with Crippen molar-refractivity contribution in [2.75, 3.05) is 18.5 Å². The van der Waals surface area contributed by atoms with E-state index in [9.17, 15) is 0 Å². The molecular weight excluding hydrogens is 166 g/mol. The van der Waals surface area contributed by atoms with Crippen molar-refractivity contribution in [1.82, 2.24) is 4.98 Å². The molecule has 0 unspecified atom stereocenters. The normalized spacial score (nSPS) is 9.23. The number of nitriles is 1. The summed E-state index contributed by atoms with van der Waals surface area (Å²) in [5.41, 5.74) is 1.11. The molecule has 0 bridgehead atoms. The fraction of sp³-hybridized carbons (Fsp3) is 0.333. The number of hydrogen-bond acceptors (Lipinski definition) is 4. The third-order valence-electron chi connectivity index (χ3n) is 1.56. The summed E-state index contributed by atoms with van der Waals surface area (Å²) < 4.78 is 0. The van der Waals surface area contributed by atoms with Gasteiger partial charge in [-0.05, 0) is 18.6 Å². The second-order valence-corrected chi connectivity index (χ2v) is 2.52. The molecule has 2 N–H and O–H groups in total. The number of rotatable bonds is 4. The number of aliphatic hydroxyl groups is 1. The first-order valence-corrected chi connectivity index (χ1v) is 4.08. The van der Waals surface area contributed by atoms with Crippen molar-refractivity contribution in [1.29, 1.82) is 5.26 Å². The van der Waals surface area contributed by atoms with Gasteiger partial charge in [0, 0.05) is 19.3 Å². The summed E-state index contributed by atoms with van der Waals surface area (Å²) in [6, 6.07) is 5.55. The van der Waals surface area contributed by atoms with E-state index >= 15 is 0 Å². The number of aliphatic hydroxyl groups excluding tert-OH is 1. The van der Waals surface area contributed by atoms with Crippen LogP contribution in [0, 0.1) is 11.3 Å². The van der Waals surface area contributed by atoms with E-state index in [4.69, 9.17) is 10.4 Å². The molecule has 13 heavy (non-hydrogen) atoms. The number of hydrogen-bond donors (Lipinski definition) is 2. The number of aromatic nitrogens is 1. The second-order valence-electron chi connectivity index (χ2n) is 2.52. The maximum Gasteiger partial charge on any atom is 0.163 e. The van der Waals surface area contributed by atoms with Gasteiger partial charge >= 0.3 is 0 Å². The standard InChI is InChI=1S/C9H11N3O/c10-7-9-8(3-1-4-12-9)11-5-2-6-13/h1,3-4,11,13H,2,5-6H2. The molecule has 0 aliphatic heterocycles. The van der Waals surface area contributed by atoms with Crippen LogP contribution in [0.15, 0.2) is 18.3 Å². The van der Waals surface area contributed by atoms with E-state index in [1.165, 1.54) is 0 Å². The van der Waals surface area contributed by atoms with E-state index in [2.05, 4.69) is 10.3 Å². The van der Waals surface area contributed by atoms with Crippen LogP contribution in [-0.4, -0.2) is 23.2 Å². The number of anilines is 1. The largest absolute Gasteiger partial charge is 0.396 e. The van der Waals surface area contributed by atoms with Gasteiger partial charge in [-0.3, -0.25) is 0 Å². The summed E-state index contributed by atoms with van der Waals surface area (Å²) in [5.74, 6) is 0. The highest BCUT2D eigenvalue weighted by Crippen LogP contribution is 2.09. The summed E-state index contributed by atoms with van der Waals surface area (Å²) in [5, 5.41) is 20.2. The molecule has 4 nitrogen and oxygen atoms in total. The monoisotopic (exact) mass is 177 g/mol. The lowest BCUT2D eigenvalue weighted by Crippen LogP contribution is -2.05. The van der Waals surface area contributed by atoms with Crippen LogP contribution in [-0.2, 0) is 0 Å². The van der Waals surface area contributed by atoms with E-state index < -0.39 is 0 Å². The minimum absolute atomic E-state index is 0.148. The quantitative estimate of drug-likeness (QED) is 0.666. The van der Waals surface area contributed by atoms with Gasteiger partial charge in [0.25, 0.3) is 0 Å². The molecule has 0 aliphatic carbocycles. The van der Waals surface area contributed by atoms with Gasteiger partial charge in [-0.25, -0.2) is 4.98 Å². The fourth-order valence-electron chi connectivity index (χ4n) is 0.939. The second kappa shape index (κ2) is 5.12. The molecule has 0 aromatic carbocycles. The molecule has 0 atom stereocenters. The lowest BCUT2D eigenvalue weighted by Gasteiger charge is -2.05. The molecule has 0 saturated carbocycles. The Bertz CT molecular complexity index is 306. The zero-order valence-corrected chi connectivity index (χ0v) is 7.20. The average Bonchev–Trinajstić information content (AvgIpc) is 2.19. The molecule has 1 rings (SSSR count). The first-order chi connectivity index (χ1) is 6.38. The van der Waals surface area contributed by atoms with Crippen LogP contribution in [0.4, 0.5) is 5.69 Å². The first-order valence-electron chi connectivity index (χ1n) is 4.08.